The van der Waals surface area contributed by atoms with E-state index in [1.54, 1.807) is 0 Å². The zero-order chi connectivity index (χ0) is 18.7. The lowest BCUT2D eigenvalue weighted by Crippen LogP contribution is -2.01. The Kier molecular flexibility index (Phi) is 5.16. The van der Waals surface area contributed by atoms with Gasteiger partial charge in [0.25, 0.3) is 0 Å². The molecule has 26 heavy (non-hydrogen) atoms. The molecule has 0 unspecified atom stereocenters. The van der Waals surface area contributed by atoms with Crippen LogP contribution >= 0.6 is 0 Å². The Hall–Kier alpha value is -2.95. The second-order valence-corrected chi connectivity index (χ2v) is 6.53. The van der Waals surface area contributed by atoms with Crippen molar-refractivity contribution in [3.63, 3.8) is 0 Å². The molecule has 0 aliphatic heterocycles. The largest absolute Gasteiger partial charge is 0.318 e. The van der Waals surface area contributed by atoms with Crippen molar-refractivity contribution in [2.45, 2.75) is 41.0 Å². The van der Waals surface area contributed by atoms with Crippen LogP contribution in [0.25, 0.3) is 5.69 Å². The van der Waals surface area contributed by atoms with Crippen LogP contribution in [0.15, 0.2) is 41.5 Å². The van der Waals surface area contributed by atoms with Gasteiger partial charge in [0.15, 0.2) is 0 Å². The summed E-state index contributed by atoms with van der Waals surface area (Å²) in [6, 6.07) is 12.8. The van der Waals surface area contributed by atoms with E-state index in [1.165, 1.54) is 16.9 Å². The van der Waals surface area contributed by atoms with Gasteiger partial charge in [-0.25, -0.2) is 15.4 Å². The standard InChI is InChI=1S/C21H25N5/c1-6-18-7-9-20(10-8-18)26-16(4)12-19(17(26)5)13-22-25-21-23-14(2)11-15(3)24-21/h7-13H,6H2,1-5H3,(H,23,24,25)/b22-13+. The molecule has 5 nitrogen and oxygen atoms in total. The summed E-state index contributed by atoms with van der Waals surface area (Å²) in [5.74, 6) is 0.516. The molecule has 0 aliphatic rings. The number of benzene rings is 1. The molecule has 1 N–H and O–H groups in total. The van der Waals surface area contributed by atoms with E-state index in [1.807, 2.05) is 26.1 Å². The van der Waals surface area contributed by atoms with Crippen LogP contribution in [0.4, 0.5) is 5.95 Å². The quantitative estimate of drug-likeness (QED) is 0.546. The van der Waals surface area contributed by atoms with Gasteiger partial charge < -0.3 is 4.57 Å². The van der Waals surface area contributed by atoms with Gasteiger partial charge in [-0.15, -0.1) is 0 Å². The molecule has 2 aromatic heterocycles. The molecule has 2 heterocycles. The van der Waals surface area contributed by atoms with Crippen molar-refractivity contribution in [1.82, 2.24) is 14.5 Å². The van der Waals surface area contributed by atoms with Gasteiger partial charge in [-0.3, -0.25) is 0 Å². The van der Waals surface area contributed by atoms with Crippen LogP contribution in [0, 0.1) is 27.7 Å². The molecule has 3 aromatic rings. The van der Waals surface area contributed by atoms with E-state index in [-0.39, 0.29) is 0 Å². The monoisotopic (exact) mass is 347 g/mol. The minimum atomic E-state index is 0.516. The van der Waals surface area contributed by atoms with E-state index in [0.29, 0.717) is 5.95 Å². The van der Waals surface area contributed by atoms with Crippen molar-refractivity contribution in [1.29, 1.82) is 0 Å². The van der Waals surface area contributed by atoms with Crippen LogP contribution in [0.2, 0.25) is 0 Å². The first-order valence-corrected chi connectivity index (χ1v) is 8.87. The van der Waals surface area contributed by atoms with Gasteiger partial charge in [-0.2, -0.15) is 5.10 Å². The average molecular weight is 347 g/mol. The van der Waals surface area contributed by atoms with Crippen molar-refractivity contribution < 1.29 is 0 Å². The molecule has 0 atom stereocenters. The lowest BCUT2D eigenvalue weighted by molar-refractivity contribution is 0.961. The number of aryl methyl sites for hydroxylation is 4. The Morgan fingerprint density at radius 2 is 1.65 bits per heavy atom. The van der Waals surface area contributed by atoms with Crippen LogP contribution in [0.1, 0.15) is 40.8 Å². The first kappa shape index (κ1) is 17.9. The fourth-order valence-corrected chi connectivity index (χ4v) is 3.13. The summed E-state index contributed by atoms with van der Waals surface area (Å²) in [5, 5.41) is 4.32. The molecule has 0 spiro atoms. The first-order valence-electron chi connectivity index (χ1n) is 8.87. The summed E-state index contributed by atoms with van der Waals surface area (Å²) in [5.41, 5.74) is 10.7. The van der Waals surface area contributed by atoms with E-state index in [2.05, 4.69) is 76.2 Å². The molecule has 0 radical (unpaired) electrons. The number of rotatable bonds is 5. The molecule has 0 bridgehead atoms. The lowest BCUT2D eigenvalue weighted by Gasteiger charge is -2.10. The van der Waals surface area contributed by atoms with Crippen molar-refractivity contribution >= 4 is 12.2 Å². The number of nitrogens with zero attached hydrogens (tertiary/aromatic N) is 4. The third kappa shape index (κ3) is 3.82. The van der Waals surface area contributed by atoms with Gasteiger partial charge in [0.2, 0.25) is 5.95 Å². The minimum absolute atomic E-state index is 0.516. The maximum Gasteiger partial charge on any atom is 0.243 e. The van der Waals surface area contributed by atoms with Gasteiger partial charge in [0.05, 0.1) is 6.21 Å². The van der Waals surface area contributed by atoms with Gasteiger partial charge in [0.1, 0.15) is 0 Å². The molecule has 0 amide bonds. The smallest absolute Gasteiger partial charge is 0.243 e. The lowest BCUT2D eigenvalue weighted by atomic mass is 10.1. The number of hydrazone groups is 1. The van der Waals surface area contributed by atoms with E-state index < -0.39 is 0 Å². The predicted molar refractivity (Wildman–Crippen MR) is 107 cm³/mol. The van der Waals surface area contributed by atoms with Crippen molar-refractivity contribution in [3.8, 4) is 5.69 Å². The summed E-state index contributed by atoms with van der Waals surface area (Å²) in [4.78, 5) is 8.67. The number of hydrogen-bond donors (Lipinski definition) is 1. The molecule has 5 heteroatoms. The van der Waals surface area contributed by atoms with Crippen LogP contribution in [-0.4, -0.2) is 20.7 Å². The molecule has 0 fully saturated rings. The maximum atomic E-state index is 4.33. The Morgan fingerprint density at radius 1 is 1.00 bits per heavy atom. The third-order valence-electron chi connectivity index (χ3n) is 4.42. The van der Waals surface area contributed by atoms with Gasteiger partial charge in [-0.1, -0.05) is 19.1 Å². The number of nitrogens with one attached hydrogen (secondary N) is 1. The topological polar surface area (TPSA) is 55.1 Å². The van der Waals surface area contributed by atoms with Crippen LogP contribution in [0.3, 0.4) is 0 Å². The summed E-state index contributed by atoms with van der Waals surface area (Å²) in [6.45, 7) is 10.3. The molecular weight excluding hydrogens is 322 g/mol. The Morgan fingerprint density at radius 3 is 2.27 bits per heavy atom. The summed E-state index contributed by atoms with van der Waals surface area (Å²) >= 11 is 0. The highest BCUT2D eigenvalue weighted by molar-refractivity contribution is 5.82. The predicted octanol–water partition coefficient (Wildman–Crippen LogP) is 4.51. The minimum Gasteiger partial charge on any atom is -0.318 e. The average Bonchev–Trinajstić information content (AvgIpc) is 2.88. The molecule has 0 saturated carbocycles. The number of hydrogen-bond acceptors (Lipinski definition) is 4. The van der Waals surface area contributed by atoms with Crippen molar-refractivity contribution in [2.24, 2.45) is 5.10 Å². The number of anilines is 1. The highest BCUT2D eigenvalue weighted by Gasteiger charge is 2.09. The second-order valence-electron chi connectivity index (χ2n) is 6.53. The van der Waals surface area contributed by atoms with E-state index in [9.17, 15) is 0 Å². The molecule has 1 aromatic carbocycles. The third-order valence-corrected chi connectivity index (χ3v) is 4.42. The first-order chi connectivity index (χ1) is 12.5. The maximum absolute atomic E-state index is 4.33. The van der Waals surface area contributed by atoms with E-state index >= 15 is 0 Å². The normalized spacial score (nSPS) is 11.3. The highest BCUT2D eigenvalue weighted by Crippen LogP contribution is 2.20. The molecule has 3 rings (SSSR count). The Bertz CT molecular complexity index is 916. The molecule has 134 valence electrons. The molecule has 0 saturated heterocycles. The van der Waals surface area contributed by atoms with Crippen LogP contribution in [-0.2, 0) is 6.42 Å². The fraction of sp³-hybridized carbons (Fsp3) is 0.286. The SMILES string of the molecule is CCc1ccc(-n2c(C)cc(/C=N/Nc3nc(C)cc(C)n3)c2C)cc1. The van der Waals surface area contributed by atoms with E-state index in [0.717, 1.165) is 29.1 Å². The van der Waals surface area contributed by atoms with Gasteiger partial charge in [0, 0.05) is 34.0 Å². The van der Waals surface area contributed by atoms with Crippen LogP contribution < -0.4 is 5.43 Å². The Labute approximate surface area is 154 Å². The molecular formula is C21H25N5. The number of aromatic nitrogens is 3. The van der Waals surface area contributed by atoms with Crippen molar-refractivity contribution in [3.05, 3.63) is 70.3 Å². The summed E-state index contributed by atoms with van der Waals surface area (Å²) < 4.78 is 2.24. The second kappa shape index (κ2) is 7.52. The molecule has 0 aliphatic carbocycles. The summed E-state index contributed by atoms with van der Waals surface area (Å²) in [6.07, 6.45) is 2.87. The van der Waals surface area contributed by atoms with E-state index in [4.69, 9.17) is 0 Å². The van der Waals surface area contributed by atoms with Crippen LogP contribution in [0.5, 0.6) is 0 Å². The fourth-order valence-electron chi connectivity index (χ4n) is 3.13. The zero-order valence-corrected chi connectivity index (χ0v) is 16.0. The van der Waals surface area contributed by atoms with Gasteiger partial charge in [-0.05, 0) is 63.9 Å². The Balaban J connectivity index is 1.82. The van der Waals surface area contributed by atoms with Crippen molar-refractivity contribution in [2.75, 3.05) is 5.43 Å². The van der Waals surface area contributed by atoms with Gasteiger partial charge >= 0.3 is 0 Å². The summed E-state index contributed by atoms with van der Waals surface area (Å²) in [7, 11) is 0. The highest BCUT2D eigenvalue weighted by atomic mass is 15.3. The zero-order valence-electron chi connectivity index (χ0n) is 16.0.